The molecular formula is C18H20ClNO. The summed E-state index contributed by atoms with van der Waals surface area (Å²) in [6.45, 7) is 2.95. The fourth-order valence-electron chi connectivity index (χ4n) is 2.30. The second kappa shape index (κ2) is 6.50. The smallest absolute Gasteiger partial charge is 0.131 e. The van der Waals surface area contributed by atoms with E-state index >= 15 is 0 Å². The van der Waals surface area contributed by atoms with Crippen molar-refractivity contribution in [1.82, 2.24) is 5.32 Å². The Morgan fingerprint density at radius 1 is 1.14 bits per heavy atom. The van der Waals surface area contributed by atoms with Gasteiger partial charge in [-0.3, -0.25) is 0 Å². The third-order valence-electron chi connectivity index (χ3n) is 3.76. The number of para-hydroxylation sites is 1. The highest BCUT2D eigenvalue weighted by Gasteiger charge is 2.20. The molecule has 0 radical (unpaired) electrons. The molecule has 0 unspecified atom stereocenters. The van der Waals surface area contributed by atoms with Gasteiger partial charge in [0.1, 0.15) is 11.5 Å². The average Bonchev–Trinajstić information content (AvgIpc) is 3.32. The highest BCUT2D eigenvalue weighted by molar-refractivity contribution is 6.31. The molecule has 1 N–H and O–H groups in total. The van der Waals surface area contributed by atoms with Crippen LogP contribution in [0.15, 0.2) is 42.5 Å². The van der Waals surface area contributed by atoms with E-state index in [4.69, 9.17) is 16.3 Å². The molecule has 1 fully saturated rings. The summed E-state index contributed by atoms with van der Waals surface area (Å²) in [5.74, 6) is 1.75. The Labute approximate surface area is 131 Å². The van der Waals surface area contributed by atoms with E-state index in [1.165, 1.54) is 18.4 Å². The zero-order valence-electron chi connectivity index (χ0n) is 12.2. The number of benzene rings is 2. The molecule has 1 saturated carbocycles. The summed E-state index contributed by atoms with van der Waals surface area (Å²) >= 11 is 6.16. The van der Waals surface area contributed by atoms with E-state index in [-0.39, 0.29) is 0 Å². The van der Waals surface area contributed by atoms with Crippen LogP contribution in [0.3, 0.4) is 0 Å². The van der Waals surface area contributed by atoms with Gasteiger partial charge in [0.2, 0.25) is 0 Å². The Kier molecular flexibility index (Phi) is 4.47. The Morgan fingerprint density at radius 3 is 2.71 bits per heavy atom. The van der Waals surface area contributed by atoms with Gasteiger partial charge in [0.15, 0.2) is 0 Å². The van der Waals surface area contributed by atoms with Crippen LogP contribution in [-0.2, 0) is 13.0 Å². The summed E-state index contributed by atoms with van der Waals surface area (Å²) in [4.78, 5) is 0. The van der Waals surface area contributed by atoms with Gasteiger partial charge < -0.3 is 10.1 Å². The summed E-state index contributed by atoms with van der Waals surface area (Å²) in [7, 11) is 0. The number of halogens is 1. The van der Waals surface area contributed by atoms with E-state index in [2.05, 4.69) is 24.4 Å². The molecule has 2 aromatic carbocycles. The molecule has 0 atom stereocenters. The molecule has 0 aliphatic heterocycles. The van der Waals surface area contributed by atoms with Crippen LogP contribution < -0.4 is 10.1 Å². The standard InChI is InChI=1S/C18H20ClNO/c1-2-13-11-16(9-10-17(13)19)21-18-6-4-3-5-14(18)12-20-15-7-8-15/h3-6,9-11,15,20H,2,7-8,12H2,1H3. The Hall–Kier alpha value is -1.51. The van der Waals surface area contributed by atoms with Crippen LogP contribution in [0.4, 0.5) is 0 Å². The van der Waals surface area contributed by atoms with Crippen molar-refractivity contribution in [2.45, 2.75) is 38.8 Å². The quantitative estimate of drug-likeness (QED) is 0.815. The molecule has 3 rings (SSSR count). The molecular weight excluding hydrogens is 282 g/mol. The topological polar surface area (TPSA) is 21.3 Å². The molecule has 2 nitrogen and oxygen atoms in total. The maximum Gasteiger partial charge on any atom is 0.131 e. The second-order valence-electron chi connectivity index (χ2n) is 5.47. The van der Waals surface area contributed by atoms with E-state index < -0.39 is 0 Å². The predicted octanol–water partition coefficient (Wildman–Crippen LogP) is 4.95. The first-order valence-corrected chi connectivity index (χ1v) is 7.91. The molecule has 0 saturated heterocycles. The maximum atomic E-state index is 6.16. The van der Waals surface area contributed by atoms with E-state index in [9.17, 15) is 0 Å². The van der Waals surface area contributed by atoms with Crippen molar-refractivity contribution in [3.8, 4) is 11.5 Å². The van der Waals surface area contributed by atoms with Crippen molar-refractivity contribution in [2.75, 3.05) is 0 Å². The zero-order chi connectivity index (χ0) is 14.7. The first kappa shape index (κ1) is 14.4. The number of hydrogen-bond donors (Lipinski definition) is 1. The average molecular weight is 302 g/mol. The van der Waals surface area contributed by atoms with E-state index in [0.29, 0.717) is 6.04 Å². The maximum absolute atomic E-state index is 6.16. The Morgan fingerprint density at radius 2 is 1.95 bits per heavy atom. The number of nitrogens with one attached hydrogen (secondary N) is 1. The zero-order valence-corrected chi connectivity index (χ0v) is 13.0. The third kappa shape index (κ3) is 3.78. The molecule has 0 bridgehead atoms. The van der Waals surface area contributed by atoms with Crippen LogP contribution in [-0.4, -0.2) is 6.04 Å². The summed E-state index contributed by atoms with van der Waals surface area (Å²) in [6, 6.07) is 14.7. The lowest BCUT2D eigenvalue weighted by Crippen LogP contribution is -2.15. The van der Waals surface area contributed by atoms with Gasteiger partial charge >= 0.3 is 0 Å². The lowest BCUT2D eigenvalue weighted by atomic mass is 10.1. The van der Waals surface area contributed by atoms with Crippen molar-refractivity contribution < 1.29 is 4.74 Å². The highest BCUT2D eigenvalue weighted by atomic mass is 35.5. The molecule has 1 aliphatic carbocycles. The van der Waals surface area contributed by atoms with Gasteiger partial charge in [0.05, 0.1) is 0 Å². The fraction of sp³-hybridized carbons (Fsp3) is 0.333. The molecule has 0 heterocycles. The molecule has 1 aliphatic rings. The monoisotopic (exact) mass is 301 g/mol. The molecule has 21 heavy (non-hydrogen) atoms. The first-order valence-electron chi connectivity index (χ1n) is 7.54. The predicted molar refractivity (Wildman–Crippen MR) is 87.2 cm³/mol. The van der Waals surface area contributed by atoms with Crippen LogP contribution >= 0.6 is 11.6 Å². The molecule has 3 heteroatoms. The Bertz CT molecular complexity index is 622. The van der Waals surface area contributed by atoms with Crippen molar-refractivity contribution in [2.24, 2.45) is 0 Å². The van der Waals surface area contributed by atoms with Crippen molar-refractivity contribution >= 4 is 11.6 Å². The van der Waals surface area contributed by atoms with Crippen molar-refractivity contribution in [1.29, 1.82) is 0 Å². The minimum absolute atomic E-state index is 0.695. The largest absolute Gasteiger partial charge is 0.457 e. The summed E-state index contributed by atoms with van der Waals surface area (Å²) in [6.07, 6.45) is 3.49. The van der Waals surface area contributed by atoms with Gasteiger partial charge in [-0.15, -0.1) is 0 Å². The van der Waals surface area contributed by atoms with Gasteiger partial charge in [-0.05, 0) is 49.1 Å². The fourth-order valence-corrected chi connectivity index (χ4v) is 2.55. The van der Waals surface area contributed by atoms with Gasteiger partial charge in [-0.25, -0.2) is 0 Å². The third-order valence-corrected chi connectivity index (χ3v) is 4.13. The van der Waals surface area contributed by atoms with Crippen LogP contribution in [0.2, 0.25) is 5.02 Å². The lowest BCUT2D eigenvalue weighted by Gasteiger charge is -2.13. The summed E-state index contributed by atoms with van der Waals surface area (Å²) in [5, 5.41) is 4.33. The number of aryl methyl sites for hydroxylation is 1. The van der Waals surface area contributed by atoms with Crippen LogP contribution in [0.5, 0.6) is 11.5 Å². The Balaban J connectivity index is 1.77. The summed E-state index contributed by atoms with van der Waals surface area (Å²) in [5.41, 5.74) is 2.31. The van der Waals surface area contributed by atoms with Gasteiger partial charge in [-0.1, -0.05) is 36.7 Å². The van der Waals surface area contributed by atoms with E-state index in [0.717, 1.165) is 35.1 Å². The molecule has 2 aromatic rings. The summed E-state index contributed by atoms with van der Waals surface area (Å²) < 4.78 is 6.06. The van der Waals surface area contributed by atoms with Crippen molar-refractivity contribution in [3.05, 3.63) is 58.6 Å². The minimum atomic E-state index is 0.695. The molecule has 110 valence electrons. The second-order valence-corrected chi connectivity index (χ2v) is 5.88. The SMILES string of the molecule is CCc1cc(Oc2ccccc2CNC2CC2)ccc1Cl. The van der Waals surface area contributed by atoms with Crippen LogP contribution in [0, 0.1) is 0 Å². The lowest BCUT2D eigenvalue weighted by molar-refractivity contribution is 0.472. The van der Waals surface area contributed by atoms with E-state index in [1.54, 1.807) is 0 Å². The number of hydrogen-bond acceptors (Lipinski definition) is 2. The van der Waals surface area contributed by atoms with Gasteiger partial charge in [0.25, 0.3) is 0 Å². The van der Waals surface area contributed by atoms with Gasteiger partial charge in [-0.2, -0.15) is 0 Å². The minimum Gasteiger partial charge on any atom is -0.457 e. The highest BCUT2D eigenvalue weighted by Crippen LogP contribution is 2.29. The molecule has 0 amide bonds. The first-order chi connectivity index (χ1) is 10.3. The van der Waals surface area contributed by atoms with Crippen molar-refractivity contribution in [3.63, 3.8) is 0 Å². The van der Waals surface area contributed by atoms with Crippen LogP contribution in [0.25, 0.3) is 0 Å². The normalized spacial score (nSPS) is 14.2. The molecule has 0 aromatic heterocycles. The number of ether oxygens (including phenoxy) is 1. The molecule has 0 spiro atoms. The van der Waals surface area contributed by atoms with E-state index in [1.807, 2.05) is 30.3 Å². The van der Waals surface area contributed by atoms with Crippen LogP contribution in [0.1, 0.15) is 30.9 Å². The number of rotatable bonds is 6. The van der Waals surface area contributed by atoms with Gasteiger partial charge in [0, 0.05) is 23.2 Å².